The van der Waals surface area contributed by atoms with Crippen molar-refractivity contribution in [3.8, 4) is 0 Å². The number of nitrogens with one attached hydrogen (secondary N) is 1. The molecule has 1 N–H and O–H groups in total. The number of anilines is 1. The lowest BCUT2D eigenvalue weighted by atomic mass is 10.1. The van der Waals surface area contributed by atoms with Gasteiger partial charge in [-0.25, -0.2) is 0 Å². The van der Waals surface area contributed by atoms with E-state index in [1.165, 1.54) is 11.8 Å². The molecule has 2 aromatic carbocycles. The number of hydrogen-bond donors (Lipinski definition) is 1. The highest BCUT2D eigenvalue weighted by Gasteiger charge is 2.15. The number of amides is 2. The molecular formula is C19H20Cl2N2O2. The normalized spacial score (nSPS) is 10.4. The molecule has 0 unspecified atom stereocenters. The second-order valence-corrected chi connectivity index (χ2v) is 6.44. The molecular weight excluding hydrogens is 359 g/mol. The van der Waals surface area contributed by atoms with Crippen molar-refractivity contribution in [2.45, 2.75) is 19.8 Å². The lowest BCUT2D eigenvalue weighted by Crippen LogP contribution is -2.34. The van der Waals surface area contributed by atoms with Gasteiger partial charge in [-0.15, -0.1) is 0 Å². The minimum atomic E-state index is -0.151. The van der Waals surface area contributed by atoms with Crippen LogP contribution in [0, 0.1) is 0 Å². The Kier molecular flexibility index (Phi) is 7.29. The summed E-state index contributed by atoms with van der Waals surface area (Å²) in [6.45, 7) is 2.28. The third-order valence-electron chi connectivity index (χ3n) is 3.73. The third kappa shape index (κ3) is 6.07. The Bertz CT molecular complexity index is 732. The minimum Gasteiger partial charge on any atom is -0.356 e. The van der Waals surface area contributed by atoms with Crippen LogP contribution in [0.3, 0.4) is 0 Å². The second kappa shape index (κ2) is 9.44. The van der Waals surface area contributed by atoms with E-state index in [9.17, 15) is 9.59 Å². The van der Waals surface area contributed by atoms with Gasteiger partial charge in [-0.1, -0.05) is 47.5 Å². The first kappa shape index (κ1) is 19.3. The van der Waals surface area contributed by atoms with Crippen LogP contribution in [0.2, 0.25) is 10.0 Å². The Balaban J connectivity index is 1.82. The van der Waals surface area contributed by atoms with E-state index in [1.54, 1.807) is 18.2 Å². The number of carbonyl (C=O) groups is 2. The largest absolute Gasteiger partial charge is 0.356 e. The highest BCUT2D eigenvalue weighted by Crippen LogP contribution is 2.25. The summed E-state index contributed by atoms with van der Waals surface area (Å²) in [5.74, 6) is -0.255. The van der Waals surface area contributed by atoms with Crippen LogP contribution >= 0.6 is 23.2 Å². The number of benzene rings is 2. The van der Waals surface area contributed by atoms with Crippen LogP contribution in [0.1, 0.15) is 18.9 Å². The molecule has 0 radical (unpaired) electrons. The van der Waals surface area contributed by atoms with Crippen LogP contribution in [0.25, 0.3) is 0 Å². The predicted molar refractivity (Wildman–Crippen MR) is 102 cm³/mol. The average Bonchev–Trinajstić information content (AvgIpc) is 2.58. The Hall–Kier alpha value is -2.04. The van der Waals surface area contributed by atoms with E-state index < -0.39 is 0 Å². The summed E-state index contributed by atoms with van der Waals surface area (Å²) in [7, 11) is 0. The fraction of sp³-hybridized carbons (Fsp3) is 0.263. The molecule has 6 heteroatoms. The lowest BCUT2D eigenvalue weighted by Gasteiger charge is -2.22. The van der Waals surface area contributed by atoms with Gasteiger partial charge in [-0.2, -0.15) is 0 Å². The van der Waals surface area contributed by atoms with Crippen molar-refractivity contribution in [2.75, 3.05) is 18.0 Å². The molecule has 132 valence electrons. The van der Waals surface area contributed by atoms with Gasteiger partial charge >= 0.3 is 0 Å². The van der Waals surface area contributed by atoms with Crippen molar-refractivity contribution in [1.29, 1.82) is 0 Å². The standard InChI is InChI=1S/C19H20Cl2N2O2/c1-14(24)23(18-5-3-2-4-17(18)21)13-11-19(25)22-12-10-15-6-8-16(20)9-7-15/h2-9H,10-13H2,1H3,(H,22,25). The molecule has 4 nitrogen and oxygen atoms in total. The molecule has 0 heterocycles. The van der Waals surface area contributed by atoms with Gasteiger partial charge in [0.15, 0.2) is 0 Å². The zero-order chi connectivity index (χ0) is 18.2. The Morgan fingerprint density at radius 1 is 1.04 bits per heavy atom. The molecule has 0 aliphatic rings. The zero-order valence-corrected chi connectivity index (χ0v) is 15.5. The van der Waals surface area contributed by atoms with Gasteiger partial charge in [0.05, 0.1) is 10.7 Å². The van der Waals surface area contributed by atoms with Crippen LogP contribution in [-0.2, 0) is 16.0 Å². The Morgan fingerprint density at radius 3 is 2.36 bits per heavy atom. The summed E-state index contributed by atoms with van der Waals surface area (Å²) in [5, 5.41) is 4.04. The first-order valence-corrected chi connectivity index (χ1v) is 8.76. The molecule has 0 spiro atoms. The monoisotopic (exact) mass is 378 g/mol. The van der Waals surface area contributed by atoms with E-state index in [2.05, 4.69) is 5.32 Å². The molecule has 2 aromatic rings. The van der Waals surface area contributed by atoms with Crippen LogP contribution in [0.15, 0.2) is 48.5 Å². The highest BCUT2D eigenvalue weighted by atomic mass is 35.5. The number of hydrogen-bond acceptors (Lipinski definition) is 2. The SMILES string of the molecule is CC(=O)N(CCC(=O)NCCc1ccc(Cl)cc1)c1ccccc1Cl. The van der Waals surface area contributed by atoms with Crippen molar-refractivity contribution in [1.82, 2.24) is 5.32 Å². The van der Waals surface area contributed by atoms with Crippen molar-refractivity contribution in [3.63, 3.8) is 0 Å². The lowest BCUT2D eigenvalue weighted by molar-refractivity contribution is -0.121. The van der Waals surface area contributed by atoms with Crippen LogP contribution < -0.4 is 10.2 Å². The number of para-hydroxylation sites is 1. The second-order valence-electron chi connectivity index (χ2n) is 5.60. The molecule has 2 amide bonds. The summed E-state index contributed by atoms with van der Waals surface area (Å²) in [6, 6.07) is 14.6. The smallest absolute Gasteiger partial charge is 0.223 e. The molecule has 0 aliphatic heterocycles. The van der Waals surface area contributed by atoms with E-state index in [4.69, 9.17) is 23.2 Å². The summed E-state index contributed by atoms with van der Waals surface area (Å²) in [4.78, 5) is 25.4. The molecule has 0 aromatic heterocycles. The maximum absolute atomic E-state index is 12.0. The molecule has 2 rings (SSSR count). The van der Waals surface area contributed by atoms with Gasteiger partial charge in [0.25, 0.3) is 0 Å². The van der Waals surface area contributed by atoms with Crippen LogP contribution in [-0.4, -0.2) is 24.9 Å². The zero-order valence-electron chi connectivity index (χ0n) is 14.0. The number of halogens is 2. The van der Waals surface area contributed by atoms with Gasteiger partial charge in [-0.3, -0.25) is 9.59 Å². The molecule has 0 atom stereocenters. The molecule has 0 aliphatic carbocycles. The Morgan fingerprint density at radius 2 is 1.72 bits per heavy atom. The van der Waals surface area contributed by atoms with E-state index in [0.717, 1.165) is 12.0 Å². The predicted octanol–water partition coefficient (Wildman–Crippen LogP) is 4.10. The maximum atomic E-state index is 12.0. The maximum Gasteiger partial charge on any atom is 0.223 e. The fourth-order valence-corrected chi connectivity index (χ4v) is 2.78. The van der Waals surface area contributed by atoms with Crippen molar-refractivity contribution in [2.24, 2.45) is 0 Å². The summed E-state index contributed by atoms with van der Waals surface area (Å²) in [5.41, 5.74) is 1.72. The molecule has 0 bridgehead atoms. The topological polar surface area (TPSA) is 49.4 Å². The summed E-state index contributed by atoms with van der Waals surface area (Å²) in [6.07, 6.45) is 0.940. The fourth-order valence-electron chi connectivity index (χ4n) is 2.42. The molecule has 0 fully saturated rings. The first-order valence-electron chi connectivity index (χ1n) is 8.01. The quantitative estimate of drug-likeness (QED) is 0.788. The van der Waals surface area contributed by atoms with Gasteiger partial charge in [0.1, 0.15) is 0 Å². The van der Waals surface area contributed by atoms with Gasteiger partial charge < -0.3 is 10.2 Å². The molecule has 25 heavy (non-hydrogen) atoms. The number of rotatable bonds is 7. The van der Waals surface area contributed by atoms with E-state index >= 15 is 0 Å². The average molecular weight is 379 g/mol. The summed E-state index contributed by atoms with van der Waals surface area (Å²) < 4.78 is 0. The number of carbonyl (C=O) groups excluding carboxylic acids is 2. The van der Waals surface area contributed by atoms with E-state index in [1.807, 2.05) is 30.3 Å². The van der Waals surface area contributed by atoms with Gasteiger partial charge in [-0.05, 0) is 36.2 Å². The first-order chi connectivity index (χ1) is 12.0. The Labute approximate surface area is 157 Å². The van der Waals surface area contributed by atoms with Crippen molar-refractivity contribution >= 4 is 40.7 Å². The number of nitrogens with zero attached hydrogens (tertiary/aromatic N) is 1. The van der Waals surface area contributed by atoms with Crippen LogP contribution in [0.5, 0.6) is 0 Å². The van der Waals surface area contributed by atoms with Crippen molar-refractivity contribution in [3.05, 3.63) is 64.1 Å². The molecule has 0 saturated heterocycles. The highest BCUT2D eigenvalue weighted by molar-refractivity contribution is 6.33. The van der Waals surface area contributed by atoms with E-state index in [0.29, 0.717) is 22.3 Å². The van der Waals surface area contributed by atoms with Gasteiger partial charge in [0, 0.05) is 31.5 Å². The summed E-state index contributed by atoms with van der Waals surface area (Å²) >= 11 is 12.0. The van der Waals surface area contributed by atoms with Crippen molar-refractivity contribution < 1.29 is 9.59 Å². The van der Waals surface area contributed by atoms with Gasteiger partial charge in [0.2, 0.25) is 11.8 Å². The minimum absolute atomic E-state index is 0.104. The molecule has 0 saturated carbocycles. The third-order valence-corrected chi connectivity index (χ3v) is 4.31. The van der Waals surface area contributed by atoms with E-state index in [-0.39, 0.29) is 24.8 Å². The van der Waals surface area contributed by atoms with Crippen LogP contribution in [0.4, 0.5) is 5.69 Å².